The minimum atomic E-state index is -0.374. The normalized spacial score (nSPS) is 10.5. The lowest BCUT2D eigenvalue weighted by Crippen LogP contribution is -2.09. The standard InChI is InChI=1S/C8H6BrFN4S/c9-5-2-1-4(3-6(5)10)7-12-13-8(15)14(7)11/h1-3H,11H2,(H,13,15). The number of hydrogen-bond acceptors (Lipinski definition) is 3. The number of H-pyrrole nitrogens is 1. The number of nitrogens with zero attached hydrogens (tertiary/aromatic N) is 2. The number of benzene rings is 1. The number of aromatic nitrogens is 3. The molecule has 78 valence electrons. The summed E-state index contributed by atoms with van der Waals surface area (Å²) in [5.41, 5.74) is 0.561. The van der Waals surface area contributed by atoms with E-state index in [-0.39, 0.29) is 10.6 Å². The molecule has 15 heavy (non-hydrogen) atoms. The van der Waals surface area contributed by atoms with Crippen molar-refractivity contribution in [1.82, 2.24) is 14.9 Å². The monoisotopic (exact) mass is 288 g/mol. The van der Waals surface area contributed by atoms with Crippen molar-refractivity contribution in [2.24, 2.45) is 0 Å². The second-order valence-electron chi connectivity index (χ2n) is 2.85. The van der Waals surface area contributed by atoms with Gasteiger partial charge in [0.2, 0.25) is 4.77 Å². The summed E-state index contributed by atoms with van der Waals surface area (Å²) in [4.78, 5) is 0. The van der Waals surface area contributed by atoms with Crippen LogP contribution in [0.4, 0.5) is 4.39 Å². The fourth-order valence-corrected chi connectivity index (χ4v) is 1.52. The minimum Gasteiger partial charge on any atom is -0.335 e. The first kappa shape index (κ1) is 10.3. The molecule has 0 fully saturated rings. The van der Waals surface area contributed by atoms with E-state index in [2.05, 4.69) is 26.1 Å². The van der Waals surface area contributed by atoms with E-state index < -0.39 is 0 Å². The molecule has 2 aromatic rings. The Kier molecular flexibility index (Phi) is 2.57. The Morgan fingerprint density at radius 3 is 2.80 bits per heavy atom. The van der Waals surface area contributed by atoms with Crippen LogP contribution in [0.15, 0.2) is 22.7 Å². The van der Waals surface area contributed by atoms with Crippen molar-refractivity contribution in [2.45, 2.75) is 0 Å². The summed E-state index contributed by atoms with van der Waals surface area (Å²) in [6.07, 6.45) is 0. The third-order valence-electron chi connectivity index (χ3n) is 1.88. The van der Waals surface area contributed by atoms with Crippen molar-refractivity contribution in [3.8, 4) is 11.4 Å². The molecule has 0 aliphatic carbocycles. The zero-order valence-corrected chi connectivity index (χ0v) is 9.77. The van der Waals surface area contributed by atoms with Crippen LogP contribution in [0.1, 0.15) is 0 Å². The van der Waals surface area contributed by atoms with Crippen molar-refractivity contribution < 1.29 is 4.39 Å². The molecular formula is C8H6BrFN4S. The SMILES string of the molecule is Nn1c(-c2ccc(Br)c(F)c2)n[nH]c1=S. The lowest BCUT2D eigenvalue weighted by atomic mass is 10.2. The zero-order chi connectivity index (χ0) is 11.0. The molecule has 0 radical (unpaired) electrons. The van der Waals surface area contributed by atoms with Gasteiger partial charge in [-0.15, -0.1) is 0 Å². The first-order valence-corrected chi connectivity index (χ1v) is 5.17. The van der Waals surface area contributed by atoms with Gasteiger partial charge in [0.15, 0.2) is 5.82 Å². The van der Waals surface area contributed by atoms with Gasteiger partial charge in [-0.1, -0.05) is 0 Å². The van der Waals surface area contributed by atoms with E-state index in [9.17, 15) is 4.39 Å². The highest BCUT2D eigenvalue weighted by atomic mass is 79.9. The van der Waals surface area contributed by atoms with Gasteiger partial charge in [0.25, 0.3) is 0 Å². The number of halogens is 2. The van der Waals surface area contributed by atoms with Gasteiger partial charge in [-0.05, 0) is 46.3 Å². The third-order valence-corrected chi connectivity index (χ3v) is 2.81. The van der Waals surface area contributed by atoms with E-state index in [1.807, 2.05) is 0 Å². The lowest BCUT2D eigenvalue weighted by molar-refractivity contribution is 0.621. The van der Waals surface area contributed by atoms with E-state index in [0.29, 0.717) is 15.9 Å². The third kappa shape index (κ3) is 1.80. The Balaban J connectivity index is 2.59. The van der Waals surface area contributed by atoms with Gasteiger partial charge in [-0.25, -0.2) is 14.2 Å². The second-order valence-corrected chi connectivity index (χ2v) is 4.09. The molecule has 1 aromatic carbocycles. The van der Waals surface area contributed by atoms with E-state index in [4.69, 9.17) is 18.1 Å². The van der Waals surface area contributed by atoms with Crippen LogP contribution < -0.4 is 5.84 Å². The molecule has 0 unspecified atom stereocenters. The second kappa shape index (κ2) is 3.74. The Bertz CT molecular complexity index is 562. The van der Waals surface area contributed by atoms with Crippen molar-refractivity contribution in [2.75, 3.05) is 5.84 Å². The molecule has 0 saturated carbocycles. The molecule has 4 nitrogen and oxygen atoms in total. The average Bonchev–Trinajstić information content (AvgIpc) is 2.53. The van der Waals surface area contributed by atoms with Gasteiger partial charge in [-0.3, -0.25) is 0 Å². The summed E-state index contributed by atoms with van der Waals surface area (Å²) in [6.45, 7) is 0. The van der Waals surface area contributed by atoms with Crippen molar-refractivity contribution >= 4 is 28.1 Å². The summed E-state index contributed by atoms with van der Waals surface area (Å²) >= 11 is 7.91. The van der Waals surface area contributed by atoms with Gasteiger partial charge in [0.1, 0.15) is 5.82 Å². The molecular weight excluding hydrogens is 283 g/mol. The molecule has 0 aliphatic heterocycles. The summed E-state index contributed by atoms with van der Waals surface area (Å²) in [6, 6.07) is 4.61. The number of nitrogen functional groups attached to an aromatic ring is 1. The predicted molar refractivity (Wildman–Crippen MR) is 60.7 cm³/mol. The van der Waals surface area contributed by atoms with Gasteiger partial charge in [-0.2, -0.15) is 5.10 Å². The zero-order valence-electron chi connectivity index (χ0n) is 7.37. The molecule has 3 N–H and O–H groups in total. The van der Waals surface area contributed by atoms with Gasteiger partial charge in [0, 0.05) is 5.56 Å². The highest BCUT2D eigenvalue weighted by Gasteiger charge is 2.08. The topological polar surface area (TPSA) is 59.6 Å². The number of hydrogen-bond donors (Lipinski definition) is 2. The fourth-order valence-electron chi connectivity index (χ4n) is 1.14. The van der Waals surface area contributed by atoms with E-state index >= 15 is 0 Å². The first-order valence-electron chi connectivity index (χ1n) is 3.97. The summed E-state index contributed by atoms with van der Waals surface area (Å²) < 4.78 is 15.1. The van der Waals surface area contributed by atoms with Crippen LogP contribution in [0.25, 0.3) is 11.4 Å². The fraction of sp³-hybridized carbons (Fsp3) is 0. The Labute approximate surface area is 98.0 Å². The molecule has 1 aromatic heterocycles. The maximum atomic E-state index is 13.2. The highest BCUT2D eigenvalue weighted by Crippen LogP contribution is 2.22. The summed E-state index contributed by atoms with van der Waals surface area (Å²) in [5.74, 6) is 5.63. The Morgan fingerprint density at radius 2 is 2.27 bits per heavy atom. The molecule has 0 aliphatic rings. The van der Waals surface area contributed by atoms with E-state index in [1.54, 1.807) is 12.1 Å². The quantitative estimate of drug-likeness (QED) is 0.625. The molecule has 7 heteroatoms. The number of nitrogens with two attached hydrogens (primary N) is 1. The van der Waals surface area contributed by atoms with E-state index in [1.165, 1.54) is 10.7 Å². The van der Waals surface area contributed by atoms with Gasteiger partial charge < -0.3 is 5.84 Å². The lowest BCUT2D eigenvalue weighted by Gasteiger charge is -2.01. The first-order chi connectivity index (χ1) is 7.09. The van der Waals surface area contributed by atoms with Crippen LogP contribution in [0.2, 0.25) is 0 Å². The van der Waals surface area contributed by atoms with E-state index in [0.717, 1.165) is 0 Å². The molecule has 0 spiro atoms. The maximum Gasteiger partial charge on any atom is 0.214 e. The molecule has 0 amide bonds. The van der Waals surface area contributed by atoms with Gasteiger partial charge in [0.05, 0.1) is 4.47 Å². The Morgan fingerprint density at radius 1 is 1.53 bits per heavy atom. The van der Waals surface area contributed by atoms with Crippen LogP contribution in [0.3, 0.4) is 0 Å². The van der Waals surface area contributed by atoms with Crippen LogP contribution in [-0.4, -0.2) is 14.9 Å². The number of rotatable bonds is 1. The summed E-state index contributed by atoms with van der Waals surface area (Å²) in [7, 11) is 0. The molecule has 2 rings (SSSR count). The molecule has 0 saturated heterocycles. The van der Waals surface area contributed by atoms with Crippen LogP contribution >= 0.6 is 28.1 Å². The molecule has 0 bridgehead atoms. The number of aromatic amines is 1. The average molecular weight is 289 g/mol. The maximum absolute atomic E-state index is 13.2. The Hall–Kier alpha value is -1.21. The predicted octanol–water partition coefficient (Wildman–Crippen LogP) is 2.22. The van der Waals surface area contributed by atoms with Crippen LogP contribution in [0, 0.1) is 10.6 Å². The van der Waals surface area contributed by atoms with Crippen LogP contribution in [-0.2, 0) is 0 Å². The van der Waals surface area contributed by atoms with Gasteiger partial charge >= 0.3 is 0 Å². The highest BCUT2D eigenvalue weighted by molar-refractivity contribution is 9.10. The van der Waals surface area contributed by atoms with Crippen molar-refractivity contribution in [3.05, 3.63) is 33.3 Å². The molecule has 1 heterocycles. The summed E-state index contributed by atoms with van der Waals surface area (Å²) in [5, 5.41) is 6.42. The van der Waals surface area contributed by atoms with Crippen molar-refractivity contribution in [1.29, 1.82) is 0 Å². The largest absolute Gasteiger partial charge is 0.335 e. The number of nitrogens with one attached hydrogen (secondary N) is 1. The minimum absolute atomic E-state index is 0.285. The smallest absolute Gasteiger partial charge is 0.214 e. The van der Waals surface area contributed by atoms with Crippen molar-refractivity contribution in [3.63, 3.8) is 0 Å². The van der Waals surface area contributed by atoms with Crippen LogP contribution in [0.5, 0.6) is 0 Å². The molecule has 0 atom stereocenters.